The van der Waals surface area contributed by atoms with Crippen LogP contribution in [0.3, 0.4) is 0 Å². The molecule has 0 radical (unpaired) electrons. The van der Waals surface area contributed by atoms with Crippen LogP contribution in [-0.4, -0.2) is 14.9 Å². The van der Waals surface area contributed by atoms with Gasteiger partial charge in [-0.05, 0) is 48.4 Å². The van der Waals surface area contributed by atoms with Crippen molar-refractivity contribution in [2.24, 2.45) is 5.92 Å². The minimum Gasteiger partial charge on any atom is -0.508 e. The molecule has 0 spiro atoms. The first-order valence-electron chi connectivity index (χ1n) is 7.72. The van der Waals surface area contributed by atoms with Crippen molar-refractivity contribution in [1.82, 2.24) is 9.78 Å². The van der Waals surface area contributed by atoms with E-state index in [1.807, 2.05) is 23.0 Å². The number of aryl methyl sites for hydroxylation is 1. The van der Waals surface area contributed by atoms with Gasteiger partial charge in [-0.1, -0.05) is 19.9 Å². The zero-order chi connectivity index (χ0) is 14.8. The number of nitrogens with one attached hydrogen (secondary N) is 1. The number of hydrogen-bond donors (Lipinski definition) is 2. The van der Waals surface area contributed by atoms with Crippen molar-refractivity contribution < 1.29 is 5.11 Å². The summed E-state index contributed by atoms with van der Waals surface area (Å²) in [5, 5.41) is 17.7. The summed E-state index contributed by atoms with van der Waals surface area (Å²) in [4.78, 5) is 0. The van der Waals surface area contributed by atoms with Crippen LogP contribution in [0.5, 0.6) is 5.75 Å². The highest BCUT2D eigenvalue weighted by atomic mass is 16.3. The monoisotopic (exact) mass is 285 g/mol. The van der Waals surface area contributed by atoms with Crippen LogP contribution in [0.25, 0.3) is 0 Å². The molecule has 21 heavy (non-hydrogen) atoms. The Morgan fingerprint density at radius 3 is 3.10 bits per heavy atom. The number of rotatable bonds is 4. The highest BCUT2D eigenvalue weighted by molar-refractivity contribution is 5.46. The zero-order valence-corrected chi connectivity index (χ0v) is 12.7. The Balaban J connectivity index is 1.77. The van der Waals surface area contributed by atoms with Crippen molar-refractivity contribution in [3.05, 3.63) is 41.7 Å². The summed E-state index contributed by atoms with van der Waals surface area (Å²) >= 11 is 0. The van der Waals surface area contributed by atoms with E-state index in [-0.39, 0.29) is 6.04 Å². The second-order valence-corrected chi connectivity index (χ2v) is 6.32. The molecule has 1 atom stereocenters. The predicted molar refractivity (Wildman–Crippen MR) is 84.5 cm³/mol. The summed E-state index contributed by atoms with van der Waals surface area (Å²) in [7, 11) is 0. The highest BCUT2D eigenvalue weighted by Crippen LogP contribution is 2.34. The Kier molecular flexibility index (Phi) is 3.86. The normalized spacial score (nSPS) is 17.8. The summed E-state index contributed by atoms with van der Waals surface area (Å²) < 4.78 is 1.99. The number of aromatic nitrogens is 2. The van der Waals surface area contributed by atoms with E-state index in [1.54, 1.807) is 6.07 Å². The number of aromatic hydroxyl groups is 1. The molecule has 1 aliphatic rings. The maximum absolute atomic E-state index is 9.73. The zero-order valence-electron chi connectivity index (χ0n) is 12.7. The van der Waals surface area contributed by atoms with E-state index >= 15 is 0 Å². The van der Waals surface area contributed by atoms with Gasteiger partial charge in [0.15, 0.2) is 0 Å². The molecule has 1 unspecified atom stereocenters. The van der Waals surface area contributed by atoms with Gasteiger partial charge in [-0.3, -0.25) is 4.68 Å². The number of fused-ring (bicyclic) bond motifs is 1. The molecule has 0 fully saturated rings. The first-order chi connectivity index (χ1) is 10.1. The van der Waals surface area contributed by atoms with Gasteiger partial charge < -0.3 is 10.4 Å². The molecule has 112 valence electrons. The van der Waals surface area contributed by atoms with E-state index in [9.17, 15) is 5.11 Å². The molecule has 0 aliphatic heterocycles. The second-order valence-electron chi connectivity index (χ2n) is 6.32. The number of phenols is 1. The fourth-order valence-corrected chi connectivity index (χ4v) is 3.05. The lowest BCUT2D eigenvalue weighted by atomic mass is 9.87. The maximum Gasteiger partial charge on any atom is 0.115 e. The molecule has 1 aromatic carbocycles. The van der Waals surface area contributed by atoms with Gasteiger partial charge in [0.25, 0.3) is 0 Å². The lowest BCUT2D eigenvalue weighted by molar-refractivity contribution is 0.471. The number of benzene rings is 1. The van der Waals surface area contributed by atoms with Gasteiger partial charge in [0.05, 0.1) is 17.9 Å². The van der Waals surface area contributed by atoms with Crippen molar-refractivity contribution in [2.75, 3.05) is 5.32 Å². The Labute approximate surface area is 125 Å². The molecular formula is C17H23N3O. The lowest BCUT2D eigenvalue weighted by Gasteiger charge is -2.26. The lowest BCUT2D eigenvalue weighted by Crippen LogP contribution is -2.17. The van der Waals surface area contributed by atoms with Crippen LogP contribution >= 0.6 is 0 Å². The number of hydrogen-bond acceptors (Lipinski definition) is 3. The van der Waals surface area contributed by atoms with E-state index in [0.29, 0.717) is 11.7 Å². The van der Waals surface area contributed by atoms with Crippen LogP contribution in [0.2, 0.25) is 0 Å². The Morgan fingerprint density at radius 1 is 1.43 bits per heavy atom. The van der Waals surface area contributed by atoms with E-state index in [2.05, 4.69) is 30.5 Å². The van der Waals surface area contributed by atoms with Gasteiger partial charge in [-0.2, -0.15) is 5.10 Å². The third-order valence-electron chi connectivity index (χ3n) is 3.97. The molecule has 4 nitrogen and oxygen atoms in total. The summed E-state index contributed by atoms with van der Waals surface area (Å²) in [6.45, 7) is 5.31. The van der Waals surface area contributed by atoms with Crippen molar-refractivity contribution in [1.29, 1.82) is 0 Å². The van der Waals surface area contributed by atoms with Gasteiger partial charge in [0.2, 0.25) is 0 Å². The molecule has 1 heterocycles. The smallest absolute Gasteiger partial charge is 0.115 e. The molecule has 0 saturated heterocycles. The number of nitrogens with zero attached hydrogens (tertiary/aromatic N) is 2. The quantitative estimate of drug-likeness (QED) is 0.900. The average Bonchev–Trinajstić information content (AvgIpc) is 2.86. The van der Waals surface area contributed by atoms with Gasteiger partial charge in [-0.25, -0.2) is 0 Å². The van der Waals surface area contributed by atoms with E-state index in [1.165, 1.54) is 17.5 Å². The van der Waals surface area contributed by atoms with Gasteiger partial charge in [0.1, 0.15) is 5.75 Å². The predicted octanol–water partition coefficient (Wildman–Crippen LogP) is 3.73. The summed E-state index contributed by atoms with van der Waals surface area (Å²) in [6, 6.07) is 5.98. The maximum atomic E-state index is 9.73. The molecule has 1 aromatic heterocycles. The van der Waals surface area contributed by atoms with Gasteiger partial charge >= 0.3 is 0 Å². The van der Waals surface area contributed by atoms with Crippen molar-refractivity contribution >= 4 is 5.69 Å². The average molecular weight is 285 g/mol. The minimum absolute atomic E-state index is 0.262. The third kappa shape index (κ3) is 3.20. The van der Waals surface area contributed by atoms with E-state index in [0.717, 1.165) is 25.1 Å². The standard InChI is InChI=1S/C17H23N3O/c1-12(2)10-20-11-14(9-18-20)19-17-5-3-4-13-6-7-15(21)8-16(13)17/h6-9,11-12,17,19,21H,3-5,10H2,1-2H3. The van der Waals surface area contributed by atoms with Crippen LogP contribution in [0.1, 0.15) is 43.9 Å². The van der Waals surface area contributed by atoms with Crippen LogP contribution < -0.4 is 5.32 Å². The van der Waals surface area contributed by atoms with Crippen molar-refractivity contribution in [2.45, 2.75) is 45.7 Å². The molecule has 0 bridgehead atoms. The minimum atomic E-state index is 0.262. The van der Waals surface area contributed by atoms with Crippen molar-refractivity contribution in [3.63, 3.8) is 0 Å². The largest absolute Gasteiger partial charge is 0.508 e. The van der Waals surface area contributed by atoms with E-state index < -0.39 is 0 Å². The topological polar surface area (TPSA) is 50.1 Å². The van der Waals surface area contributed by atoms with E-state index in [4.69, 9.17) is 0 Å². The molecule has 2 N–H and O–H groups in total. The fraction of sp³-hybridized carbons (Fsp3) is 0.471. The summed E-state index contributed by atoms with van der Waals surface area (Å²) in [6.07, 6.45) is 7.32. The Morgan fingerprint density at radius 2 is 2.29 bits per heavy atom. The molecular weight excluding hydrogens is 262 g/mol. The third-order valence-corrected chi connectivity index (χ3v) is 3.97. The van der Waals surface area contributed by atoms with Gasteiger partial charge in [-0.15, -0.1) is 0 Å². The second kappa shape index (κ2) is 5.80. The summed E-state index contributed by atoms with van der Waals surface area (Å²) in [5.41, 5.74) is 3.61. The first kappa shape index (κ1) is 14.0. The number of phenolic OH excluding ortho intramolecular Hbond substituents is 1. The molecule has 2 aromatic rings. The number of anilines is 1. The van der Waals surface area contributed by atoms with Crippen LogP contribution in [0.4, 0.5) is 5.69 Å². The highest BCUT2D eigenvalue weighted by Gasteiger charge is 2.20. The van der Waals surface area contributed by atoms with Crippen LogP contribution in [-0.2, 0) is 13.0 Å². The van der Waals surface area contributed by atoms with Crippen molar-refractivity contribution in [3.8, 4) is 5.75 Å². The Hall–Kier alpha value is -1.97. The molecule has 3 rings (SSSR count). The first-order valence-corrected chi connectivity index (χ1v) is 7.72. The SMILES string of the molecule is CC(C)Cn1cc(NC2CCCc3ccc(O)cc32)cn1. The molecule has 0 saturated carbocycles. The molecule has 4 heteroatoms. The molecule has 0 amide bonds. The van der Waals surface area contributed by atoms with Crippen LogP contribution in [0, 0.1) is 5.92 Å². The molecule has 1 aliphatic carbocycles. The summed E-state index contributed by atoms with van der Waals surface area (Å²) in [5.74, 6) is 0.933. The van der Waals surface area contributed by atoms with Gasteiger partial charge in [0, 0.05) is 12.7 Å². The van der Waals surface area contributed by atoms with Crippen LogP contribution in [0.15, 0.2) is 30.6 Å². The fourth-order valence-electron chi connectivity index (χ4n) is 3.05. The Bertz CT molecular complexity index is 618.